The van der Waals surface area contributed by atoms with E-state index in [1.54, 1.807) is 0 Å². The van der Waals surface area contributed by atoms with Crippen molar-refractivity contribution in [1.82, 2.24) is 24.5 Å². The fraction of sp³-hybridized carbons (Fsp3) is 0.556. The Balaban J connectivity index is 2.12. The van der Waals surface area contributed by atoms with E-state index < -0.39 is 0 Å². The van der Waals surface area contributed by atoms with Gasteiger partial charge in [-0.2, -0.15) is 0 Å². The van der Waals surface area contributed by atoms with Gasteiger partial charge < -0.3 is 5.84 Å². The molecule has 0 radical (unpaired) electrons. The molecule has 2 aromatic rings. The number of nitrogens with zero attached hydrogens (tertiary/aromatic N) is 5. The Morgan fingerprint density at radius 3 is 2.56 bits per heavy atom. The Bertz CT molecular complexity index is 543. The zero-order chi connectivity index (χ0) is 13.3. The van der Waals surface area contributed by atoms with Crippen LogP contribution in [0.5, 0.6) is 0 Å². The fourth-order valence-corrected chi connectivity index (χ4v) is 2.89. The van der Waals surface area contributed by atoms with Crippen LogP contribution < -0.4 is 5.84 Å². The van der Waals surface area contributed by atoms with Gasteiger partial charge in [-0.05, 0) is 0 Å². The van der Waals surface area contributed by atoms with Gasteiger partial charge >= 0.3 is 0 Å². The number of nitrogen functional groups attached to an aromatic ring is 1. The summed E-state index contributed by atoms with van der Waals surface area (Å²) in [5.41, 5.74) is 0.604. The third-order valence-electron chi connectivity index (χ3n) is 2.18. The van der Waals surface area contributed by atoms with Crippen molar-refractivity contribution in [2.24, 2.45) is 0 Å². The molecule has 0 amide bonds. The van der Waals surface area contributed by atoms with Gasteiger partial charge in [0.1, 0.15) is 10.0 Å². The van der Waals surface area contributed by atoms with Crippen molar-refractivity contribution in [2.45, 2.75) is 37.1 Å². The minimum absolute atomic E-state index is 0.139. The maximum Gasteiger partial charge on any atom is 0.210 e. The van der Waals surface area contributed by atoms with Gasteiger partial charge in [0, 0.05) is 22.7 Å². The number of halogens is 1. The van der Waals surface area contributed by atoms with E-state index in [0.717, 1.165) is 11.5 Å². The van der Waals surface area contributed by atoms with Crippen LogP contribution >= 0.6 is 34.9 Å². The van der Waals surface area contributed by atoms with E-state index in [1.807, 2.05) is 20.8 Å². The summed E-state index contributed by atoms with van der Waals surface area (Å²) >= 11 is 8.54. The van der Waals surface area contributed by atoms with E-state index in [1.165, 1.54) is 28.0 Å². The number of thioether (sulfide) groups is 1. The minimum atomic E-state index is -0.139. The lowest BCUT2D eigenvalue weighted by Crippen LogP contribution is -2.24. The second kappa shape index (κ2) is 5.02. The van der Waals surface area contributed by atoms with Crippen molar-refractivity contribution in [1.29, 1.82) is 0 Å². The number of aromatic nitrogens is 5. The largest absolute Gasteiger partial charge is 0.336 e. The average Bonchev–Trinajstić information content (AvgIpc) is 2.81. The molecule has 9 heteroatoms. The van der Waals surface area contributed by atoms with E-state index in [-0.39, 0.29) is 5.41 Å². The molecule has 2 rings (SSSR count). The summed E-state index contributed by atoms with van der Waals surface area (Å²) in [4.78, 5) is 0. The molecule has 0 aromatic carbocycles. The lowest BCUT2D eigenvalue weighted by molar-refractivity contribution is 0.523. The maximum atomic E-state index is 5.97. The van der Waals surface area contributed by atoms with Crippen molar-refractivity contribution < 1.29 is 0 Å². The van der Waals surface area contributed by atoms with Crippen LogP contribution in [0.25, 0.3) is 0 Å². The van der Waals surface area contributed by atoms with Crippen LogP contribution in [0.3, 0.4) is 0 Å². The van der Waals surface area contributed by atoms with Gasteiger partial charge in [0.2, 0.25) is 5.16 Å². The highest BCUT2D eigenvalue weighted by Gasteiger charge is 2.23. The third-order valence-corrected chi connectivity index (χ3v) is 4.12. The SMILES string of the molecule is CC(C)(C)c1nnc(SCc2nnsc2Cl)n1N. The summed E-state index contributed by atoms with van der Waals surface area (Å²) in [5, 5.41) is 12.8. The van der Waals surface area contributed by atoms with Crippen LogP contribution in [0.1, 0.15) is 32.3 Å². The first-order valence-electron chi connectivity index (χ1n) is 5.20. The zero-order valence-corrected chi connectivity index (χ0v) is 12.6. The molecule has 0 fully saturated rings. The van der Waals surface area contributed by atoms with Crippen LogP contribution in [-0.4, -0.2) is 24.5 Å². The molecule has 2 heterocycles. The Hall–Kier alpha value is -0.860. The summed E-state index contributed by atoms with van der Waals surface area (Å²) < 4.78 is 5.88. The third kappa shape index (κ3) is 2.76. The van der Waals surface area contributed by atoms with Gasteiger partial charge in [-0.15, -0.1) is 15.3 Å². The molecule has 0 saturated heterocycles. The number of nitrogens with two attached hydrogens (primary N) is 1. The highest BCUT2D eigenvalue weighted by molar-refractivity contribution is 7.98. The molecule has 2 N–H and O–H groups in total. The van der Waals surface area contributed by atoms with E-state index in [9.17, 15) is 0 Å². The smallest absolute Gasteiger partial charge is 0.210 e. The van der Waals surface area contributed by atoms with Gasteiger partial charge in [-0.3, -0.25) is 0 Å². The number of rotatable bonds is 3. The molecule has 0 spiro atoms. The molecule has 0 saturated carbocycles. The van der Waals surface area contributed by atoms with Gasteiger partial charge in [-0.1, -0.05) is 48.6 Å². The zero-order valence-electron chi connectivity index (χ0n) is 10.2. The average molecular weight is 305 g/mol. The van der Waals surface area contributed by atoms with Gasteiger partial charge in [-0.25, -0.2) is 4.68 Å². The first-order valence-corrected chi connectivity index (χ1v) is 7.34. The molecule has 0 bridgehead atoms. The minimum Gasteiger partial charge on any atom is -0.336 e. The van der Waals surface area contributed by atoms with Gasteiger partial charge in [0.05, 0.1) is 0 Å². The predicted octanol–water partition coefficient (Wildman–Crippen LogP) is 2.09. The quantitative estimate of drug-likeness (QED) is 0.690. The Kier molecular flexibility index (Phi) is 3.79. The monoisotopic (exact) mass is 304 g/mol. The van der Waals surface area contributed by atoms with Crippen LogP contribution in [0.4, 0.5) is 0 Å². The molecule has 98 valence electrons. The number of hydrogen-bond acceptors (Lipinski definition) is 7. The summed E-state index contributed by atoms with van der Waals surface area (Å²) in [6, 6.07) is 0. The van der Waals surface area contributed by atoms with Crippen LogP contribution in [0.2, 0.25) is 4.34 Å². The van der Waals surface area contributed by atoms with Crippen molar-refractivity contribution in [2.75, 3.05) is 5.84 Å². The molecule has 0 aliphatic rings. The maximum absolute atomic E-state index is 5.97. The summed E-state index contributed by atoms with van der Waals surface area (Å²) in [5.74, 6) is 7.29. The first-order chi connectivity index (χ1) is 8.39. The highest BCUT2D eigenvalue weighted by Crippen LogP contribution is 2.27. The molecule has 0 aliphatic carbocycles. The van der Waals surface area contributed by atoms with Crippen LogP contribution in [0, 0.1) is 0 Å². The van der Waals surface area contributed by atoms with E-state index in [4.69, 9.17) is 17.4 Å². The summed E-state index contributed by atoms with van der Waals surface area (Å²) in [6.07, 6.45) is 0. The highest BCUT2D eigenvalue weighted by atomic mass is 35.5. The molecule has 0 unspecified atom stereocenters. The topological polar surface area (TPSA) is 82.5 Å². The second-order valence-corrected chi connectivity index (χ2v) is 7.01. The van der Waals surface area contributed by atoms with Gasteiger partial charge in [0.25, 0.3) is 0 Å². The molecule has 6 nitrogen and oxygen atoms in total. The summed E-state index contributed by atoms with van der Waals surface area (Å²) in [6.45, 7) is 6.11. The molecule has 0 atom stereocenters. The van der Waals surface area contributed by atoms with Crippen molar-refractivity contribution in [3.05, 3.63) is 15.9 Å². The lowest BCUT2D eigenvalue weighted by atomic mass is 9.96. The number of hydrogen-bond donors (Lipinski definition) is 1. The van der Waals surface area contributed by atoms with Crippen LogP contribution in [0.15, 0.2) is 5.16 Å². The standard InChI is InChI=1S/C9H13ClN6S2/c1-9(2,3)7-13-14-8(16(7)11)17-4-5-6(10)18-15-12-5/h4,11H2,1-3H3. The van der Waals surface area contributed by atoms with E-state index in [2.05, 4.69) is 19.8 Å². The van der Waals surface area contributed by atoms with E-state index >= 15 is 0 Å². The molecule has 2 aromatic heterocycles. The second-order valence-electron chi connectivity index (χ2n) is 4.71. The molecule has 18 heavy (non-hydrogen) atoms. The van der Waals surface area contributed by atoms with Crippen LogP contribution in [-0.2, 0) is 11.2 Å². The van der Waals surface area contributed by atoms with Gasteiger partial charge in [0.15, 0.2) is 5.82 Å². The Morgan fingerprint density at radius 2 is 2.06 bits per heavy atom. The predicted molar refractivity (Wildman–Crippen MR) is 73.4 cm³/mol. The van der Waals surface area contributed by atoms with E-state index in [0.29, 0.717) is 15.2 Å². The Labute approximate surface area is 118 Å². The fourth-order valence-electron chi connectivity index (χ4n) is 1.30. The Morgan fingerprint density at radius 1 is 1.33 bits per heavy atom. The van der Waals surface area contributed by atoms with Crippen molar-refractivity contribution in [3.8, 4) is 0 Å². The first kappa shape index (κ1) is 13.6. The normalized spacial score (nSPS) is 12.0. The lowest BCUT2D eigenvalue weighted by Gasteiger charge is -2.16. The summed E-state index contributed by atoms with van der Waals surface area (Å²) in [7, 11) is 0. The molecular weight excluding hydrogens is 292 g/mol. The molecule has 0 aliphatic heterocycles. The molecular formula is C9H13ClN6S2. The van der Waals surface area contributed by atoms with Crippen molar-refractivity contribution >= 4 is 34.9 Å². The van der Waals surface area contributed by atoms with Crippen molar-refractivity contribution in [3.63, 3.8) is 0 Å².